The maximum absolute atomic E-state index is 13.2. The standard InChI is InChI=1S/C25H27ClN2O3/c1-14-9-17(16-5-7-19(26)8-6-16)10-15(2)22(14)23-20(29)11-18(24(23)31)12-21(30)28-25(3,4)13-27/h5-10,18,20,23,29H,11-12H2,1-4H3,(H,28,30). The second-order valence-electron chi connectivity index (χ2n) is 8.90. The largest absolute Gasteiger partial charge is 0.392 e. The third-order valence-corrected chi connectivity index (χ3v) is 6.12. The first-order valence-electron chi connectivity index (χ1n) is 10.3. The fourth-order valence-electron chi connectivity index (χ4n) is 4.43. The van der Waals surface area contributed by atoms with Gasteiger partial charge in [-0.15, -0.1) is 0 Å². The lowest BCUT2D eigenvalue weighted by Gasteiger charge is -2.21. The van der Waals surface area contributed by atoms with E-state index in [4.69, 9.17) is 16.9 Å². The molecule has 1 fully saturated rings. The van der Waals surface area contributed by atoms with Gasteiger partial charge in [0.25, 0.3) is 0 Å². The van der Waals surface area contributed by atoms with Crippen LogP contribution < -0.4 is 5.32 Å². The number of rotatable bonds is 5. The topological polar surface area (TPSA) is 90.2 Å². The zero-order valence-electron chi connectivity index (χ0n) is 18.2. The summed E-state index contributed by atoms with van der Waals surface area (Å²) in [5.41, 5.74) is 3.73. The van der Waals surface area contributed by atoms with E-state index >= 15 is 0 Å². The zero-order valence-corrected chi connectivity index (χ0v) is 19.0. The van der Waals surface area contributed by atoms with Crippen LogP contribution in [0, 0.1) is 31.1 Å². The van der Waals surface area contributed by atoms with Gasteiger partial charge in [-0.3, -0.25) is 9.59 Å². The fourth-order valence-corrected chi connectivity index (χ4v) is 4.56. The Morgan fingerprint density at radius 2 is 1.77 bits per heavy atom. The SMILES string of the molecule is Cc1cc(-c2ccc(Cl)cc2)cc(C)c1C1C(=O)C(CC(=O)NC(C)(C)C#N)CC1O. The summed E-state index contributed by atoms with van der Waals surface area (Å²) < 4.78 is 0. The van der Waals surface area contributed by atoms with Crippen LogP contribution in [0.1, 0.15) is 49.3 Å². The fraction of sp³-hybridized carbons (Fsp3) is 0.400. The average Bonchev–Trinajstić information content (AvgIpc) is 2.95. The van der Waals surface area contributed by atoms with Gasteiger partial charge in [0.2, 0.25) is 5.91 Å². The Kier molecular flexibility index (Phi) is 6.54. The van der Waals surface area contributed by atoms with Gasteiger partial charge in [0, 0.05) is 17.4 Å². The van der Waals surface area contributed by atoms with Crippen LogP contribution in [0.15, 0.2) is 36.4 Å². The summed E-state index contributed by atoms with van der Waals surface area (Å²) >= 11 is 5.99. The number of benzene rings is 2. The number of aliphatic hydroxyl groups excluding tert-OH is 1. The molecule has 0 bridgehead atoms. The minimum atomic E-state index is -0.999. The Hall–Kier alpha value is -2.68. The van der Waals surface area contributed by atoms with E-state index in [0.29, 0.717) is 5.02 Å². The number of Topliss-reactive ketones (excluding diaryl/α,β-unsaturated/α-hetero) is 1. The van der Waals surface area contributed by atoms with Crippen molar-refractivity contribution in [2.75, 3.05) is 0 Å². The van der Waals surface area contributed by atoms with Crippen LogP contribution in [-0.4, -0.2) is 28.4 Å². The molecule has 0 saturated heterocycles. The summed E-state index contributed by atoms with van der Waals surface area (Å²) in [6.07, 6.45) is -0.631. The van der Waals surface area contributed by atoms with E-state index in [9.17, 15) is 14.7 Å². The van der Waals surface area contributed by atoms with Crippen molar-refractivity contribution in [1.29, 1.82) is 5.26 Å². The van der Waals surface area contributed by atoms with E-state index in [-0.39, 0.29) is 24.5 Å². The molecule has 0 heterocycles. The van der Waals surface area contributed by atoms with E-state index < -0.39 is 23.5 Å². The van der Waals surface area contributed by atoms with Crippen molar-refractivity contribution in [3.05, 3.63) is 58.1 Å². The van der Waals surface area contributed by atoms with Gasteiger partial charge in [-0.25, -0.2) is 0 Å². The molecular formula is C25H27ClN2O3. The number of hydrogen-bond donors (Lipinski definition) is 2. The van der Waals surface area contributed by atoms with Crippen LogP contribution in [0.3, 0.4) is 0 Å². The first kappa shape index (κ1) is 23.0. The van der Waals surface area contributed by atoms with Crippen LogP contribution >= 0.6 is 11.6 Å². The molecule has 3 rings (SSSR count). The number of amides is 1. The number of nitrogens with zero attached hydrogens (tertiary/aromatic N) is 1. The molecule has 3 atom stereocenters. The van der Waals surface area contributed by atoms with Gasteiger partial charge in [-0.1, -0.05) is 35.9 Å². The highest BCUT2D eigenvalue weighted by molar-refractivity contribution is 6.30. The molecule has 0 spiro atoms. The second kappa shape index (κ2) is 8.82. The van der Waals surface area contributed by atoms with Crippen molar-refractivity contribution in [2.24, 2.45) is 5.92 Å². The summed E-state index contributed by atoms with van der Waals surface area (Å²) in [4.78, 5) is 25.5. The molecule has 5 nitrogen and oxygen atoms in total. The highest BCUT2D eigenvalue weighted by Gasteiger charge is 2.44. The van der Waals surface area contributed by atoms with Crippen molar-refractivity contribution >= 4 is 23.3 Å². The molecule has 0 aliphatic heterocycles. The molecule has 1 amide bonds. The third kappa shape index (κ3) is 4.98. The third-order valence-electron chi connectivity index (χ3n) is 5.87. The van der Waals surface area contributed by atoms with Crippen molar-refractivity contribution in [1.82, 2.24) is 5.32 Å². The van der Waals surface area contributed by atoms with E-state index in [1.54, 1.807) is 13.8 Å². The van der Waals surface area contributed by atoms with Crippen molar-refractivity contribution < 1.29 is 14.7 Å². The molecule has 6 heteroatoms. The van der Waals surface area contributed by atoms with Crippen LogP contribution in [-0.2, 0) is 9.59 Å². The molecule has 1 aliphatic rings. The van der Waals surface area contributed by atoms with Crippen LogP contribution in [0.25, 0.3) is 11.1 Å². The van der Waals surface area contributed by atoms with E-state index in [1.807, 2.05) is 56.3 Å². The van der Waals surface area contributed by atoms with Gasteiger partial charge in [-0.2, -0.15) is 5.26 Å². The Labute approximate surface area is 188 Å². The lowest BCUT2D eigenvalue weighted by atomic mass is 9.84. The van der Waals surface area contributed by atoms with Gasteiger partial charge in [-0.05, 0) is 74.1 Å². The predicted octanol–water partition coefficient (Wildman–Crippen LogP) is 4.47. The van der Waals surface area contributed by atoms with Gasteiger partial charge < -0.3 is 10.4 Å². The van der Waals surface area contributed by atoms with Crippen molar-refractivity contribution in [3.8, 4) is 17.2 Å². The Bertz CT molecular complexity index is 1030. The normalized spacial score (nSPS) is 21.1. The van der Waals surface area contributed by atoms with Crippen molar-refractivity contribution in [3.63, 3.8) is 0 Å². The number of nitriles is 1. The van der Waals surface area contributed by atoms with Gasteiger partial charge >= 0.3 is 0 Å². The second-order valence-corrected chi connectivity index (χ2v) is 9.34. The predicted molar refractivity (Wildman–Crippen MR) is 121 cm³/mol. The smallest absolute Gasteiger partial charge is 0.221 e. The Morgan fingerprint density at radius 3 is 2.32 bits per heavy atom. The van der Waals surface area contributed by atoms with Gasteiger partial charge in [0.1, 0.15) is 11.3 Å². The molecule has 31 heavy (non-hydrogen) atoms. The number of hydrogen-bond acceptors (Lipinski definition) is 4. The van der Waals surface area contributed by atoms with Crippen LogP contribution in [0.5, 0.6) is 0 Å². The molecule has 3 unspecified atom stereocenters. The average molecular weight is 439 g/mol. The molecular weight excluding hydrogens is 412 g/mol. The number of carbonyl (C=O) groups is 2. The van der Waals surface area contributed by atoms with E-state index in [2.05, 4.69) is 5.32 Å². The summed E-state index contributed by atoms with van der Waals surface area (Å²) in [7, 11) is 0. The molecule has 0 radical (unpaired) electrons. The first-order valence-corrected chi connectivity index (χ1v) is 10.7. The number of carbonyl (C=O) groups excluding carboxylic acids is 2. The molecule has 2 N–H and O–H groups in total. The molecule has 2 aromatic carbocycles. The molecule has 1 saturated carbocycles. The van der Waals surface area contributed by atoms with Crippen LogP contribution in [0.2, 0.25) is 5.02 Å². The minimum absolute atomic E-state index is 0.0293. The number of aliphatic hydroxyl groups is 1. The summed E-state index contributed by atoms with van der Waals surface area (Å²) in [6, 6.07) is 13.6. The quantitative estimate of drug-likeness (QED) is 0.720. The van der Waals surface area contributed by atoms with Crippen LogP contribution in [0.4, 0.5) is 0 Å². The number of ketones is 1. The van der Waals surface area contributed by atoms with E-state index in [1.165, 1.54) is 0 Å². The minimum Gasteiger partial charge on any atom is -0.392 e. The number of nitrogens with one attached hydrogen (secondary N) is 1. The van der Waals surface area contributed by atoms with Gasteiger partial charge in [0.15, 0.2) is 0 Å². The maximum atomic E-state index is 13.2. The Morgan fingerprint density at radius 1 is 1.19 bits per heavy atom. The molecule has 0 aromatic heterocycles. The lowest BCUT2D eigenvalue weighted by molar-refractivity contribution is -0.128. The first-order chi connectivity index (χ1) is 14.5. The monoisotopic (exact) mass is 438 g/mol. The number of aryl methyl sites for hydroxylation is 2. The summed E-state index contributed by atoms with van der Waals surface area (Å²) in [5, 5.41) is 23.1. The highest BCUT2D eigenvalue weighted by atomic mass is 35.5. The molecule has 2 aromatic rings. The lowest BCUT2D eigenvalue weighted by Crippen LogP contribution is -2.43. The molecule has 1 aliphatic carbocycles. The highest BCUT2D eigenvalue weighted by Crippen LogP contribution is 2.41. The molecule has 162 valence electrons. The van der Waals surface area contributed by atoms with Gasteiger partial charge in [0.05, 0.1) is 18.1 Å². The zero-order chi connectivity index (χ0) is 22.9. The number of halogens is 1. The van der Waals surface area contributed by atoms with Crippen molar-refractivity contribution in [2.45, 2.75) is 58.1 Å². The summed E-state index contributed by atoms with van der Waals surface area (Å²) in [5.74, 6) is -1.70. The summed E-state index contributed by atoms with van der Waals surface area (Å²) in [6.45, 7) is 7.09. The Balaban J connectivity index is 1.84. The maximum Gasteiger partial charge on any atom is 0.221 e. The van der Waals surface area contributed by atoms with E-state index in [0.717, 1.165) is 27.8 Å².